The smallest absolute Gasteiger partial charge is 0.225 e. The first-order valence-corrected chi connectivity index (χ1v) is 6.59. The fraction of sp³-hybridized carbons (Fsp3) is 0.333. The third-order valence-electron chi connectivity index (χ3n) is 3.28. The number of rotatable bonds is 3. The normalized spacial score (nSPS) is 19.4. The van der Waals surface area contributed by atoms with E-state index in [9.17, 15) is 0 Å². The minimum absolute atomic E-state index is 0.208. The zero-order valence-electron chi connectivity index (χ0n) is 10.8. The highest BCUT2D eigenvalue weighted by Gasteiger charge is 2.22. The first-order chi connectivity index (χ1) is 9.42. The van der Waals surface area contributed by atoms with Crippen LogP contribution in [0.3, 0.4) is 0 Å². The van der Waals surface area contributed by atoms with Crippen LogP contribution in [0.25, 0.3) is 0 Å². The summed E-state index contributed by atoms with van der Waals surface area (Å²) >= 11 is 0. The monoisotopic (exact) mass is 255 g/mol. The number of aromatic nitrogens is 2. The van der Waals surface area contributed by atoms with Gasteiger partial charge in [-0.1, -0.05) is 30.3 Å². The second-order valence-corrected chi connectivity index (χ2v) is 4.68. The maximum Gasteiger partial charge on any atom is 0.225 e. The first kappa shape index (κ1) is 12.1. The molecule has 1 aromatic heterocycles. The summed E-state index contributed by atoms with van der Waals surface area (Å²) in [7, 11) is 0. The lowest BCUT2D eigenvalue weighted by Gasteiger charge is -2.33. The summed E-state index contributed by atoms with van der Waals surface area (Å²) in [6.45, 7) is 2.43. The second-order valence-electron chi connectivity index (χ2n) is 4.68. The van der Waals surface area contributed by atoms with Crippen LogP contribution in [-0.2, 0) is 11.2 Å². The predicted octanol–water partition coefficient (Wildman–Crippen LogP) is 1.92. The summed E-state index contributed by atoms with van der Waals surface area (Å²) in [4.78, 5) is 10.8. The molecule has 1 unspecified atom stereocenters. The van der Waals surface area contributed by atoms with Crippen LogP contribution >= 0.6 is 0 Å². The lowest BCUT2D eigenvalue weighted by Crippen LogP contribution is -2.44. The highest BCUT2D eigenvalue weighted by Crippen LogP contribution is 2.15. The lowest BCUT2D eigenvalue weighted by atomic mass is 10.1. The number of nitrogens with zero attached hydrogens (tertiary/aromatic N) is 3. The molecular formula is C15H17N3O. The third-order valence-corrected chi connectivity index (χ3v) is 3.28. The number of hydrogen-bond donors (Lipinski definition) is 0. The molecule has 4 heteroatoms. The maximum absolute atomic E-state index is 5.84. The Morgan fingerprint density at radius 1 is 1.11 bits per heavy atom. The first-order valence-electron chi connectivity index (χ1n) is 6.59. The van der Waals surface area contributed by atoms with Crippen molar-refractivity contribution >= 4 is 5.95 Å². The molecule has 0 bridgehead atoms. The van der Waals surface area contributed by atoms with Gasteiger partial charge in [0, 0.05) is 31.9 Å². The SMILES string of the molecule is c1ccc(CC2CN(c3ncccn3)CCO2)cc1. The molecule has 19 heavy (non-hydrogen) atoms. The molecule has 0 saturated carbocycles. The van der Waals surface area contributed by atoms with Crippen molar-refractivity contribution in [2.24, 2.45) is 0 Å². The van der Waals surface area contributed by atoms with E-state index in [4.69, 9.17) is 4.74 Å². The standard InChI is InChI=1S/C15H17N3O/c1-2-5-13(6-3-1)11-14-12-18(9-10-19-14)15-16-7-4-8-17-15/h1-8,14H,9-12H2. The maximum atomic E-state index is 5.84. The van der Waals surface area contributed by atoms with Crippen molar-refractivity contribution in [3.05, 3.63) is 54.4 Å². The van der Waals surface area contributed by atoms with Crippen LogP contribution in [0.1, 0.15) is 5.56 Å². The number of benzene rings is 1. The minimum Gasteiger partial charge on any atom is -0.374 e. The van der Waals surface area contributed by atoms with Gasteiger partial charge in [-0.05, 0) is 11.6 Å². The van der Waals surface area contributed by atoms with E-state index in [1.165, 1.54) is 5.56 Å². The van der Waals surface area contributed by atoms with Crippen molar-refractivity contribution < 1.29 is 4.74 Å². The average molecular weight is 255 g/mol. The molecule has 3 rings (SSSR count). The van der Waals surface area contributed by atoms with E-state index >= 15 is 0 Å². The summed E-state index contributed by atoms with van der Waals surface area (Å²) in [6, 6.07) is 12.3. The number of anilines is 1. The van der Waals surface area contributed by atoms with E-state index in [1.54, 1.807) is 12.4 Å². The molecule has 4 nitrogen and oxygen atoms in total. The van der Waals surface area contributed by atoms with E-state index < -0.39 is 0 Å². The van der Waals surface area contributed by atoms with Crippen LogP contribution in [0.15, 0.2) is 48.8 Å². The van der Waals surface area contributed by atoms with Gasteiger partial charge in [0.05, 0.1) is 12.7 Å². The van der Waals surface area contributed by atoms with Gasteiger partial charge in [0.2, 0.25) is 5.95 Å². The number of hydrogen-bond acceptors (Lipinski definition) is 4. The van der Waals surface area contributed by atoms with Crippen molar-refractivity contribution in [3.63, 3.8) is 0 Å². The van der Waals surface area contributed by atoms with Crippen molar-refractivity contribution in [1.82, 2.24) is 9.97 Å². The summed E-state index contributed by atoms with van der Waals surface area (Å²) in [5, 5.41) is 0. The van der Waals surface area contributed by atoms with Gasteiger partial charge in [0.15, 0.2) is 0 Å². The van der Waals surface area contributed by atoms with Crippen LogP contribution in [-0.4, -0.2) is 35.8 Å². The van der Waals surface area contributed by atoms with E-state index in [2.05, 4.69) is 39.1 Å². The zero-order chi connectivity index (χ0) is 12.9. The van der Waals surface area contributed by atoms with Crippen LogP contribution < -0.4 is 4.90 Å². The Bertz CT molecular complexity index is 503. The summed E-state index contributed by atoms with van der Waals surface area (Å²) < 4.78 is 5.84. The Morgan fingerprint density at radius 2 is 1.89 bits per heavy atom. The van der Waals surface area contributed by atoms with E-state index in [-0.39, 0.29) is 6.10 Å². The molecule has 0 radical (unpaired) electrons. The molecule has 1 aliphatic rings. The molecule has 1 aliphatic heterocycles. The molecule has 0 amide bonds. The average Bonchev–Trinajstić information content (AvgIpc) is 2.49. The Balaban J connectivity index is 1.65. The molecular weight excluding hydrogens is 238 g/mol. The van der Waals surface area contributed by atoms with Gasteiger partial charge in [0.25, 0.3) is 0 Å². The van der Waals surface area contributed by atoms with Crippen LogP contribution in [0.2, 0.25) is 0 Å². The van der Waals surface area contributed by atoms with Gasteiger partial charge < -0.3 is 9.64 Å². The van der Waals surface area contributed by atoms with E-state index in [0.29, 0.717) is 0 Å². The minimum atomic E-state index is 0.208. The molecule has 1 saturated heterocycles. The Kier molecular flexibility index (Phi) is 3.70. The van der Waals surface area contributed by atoms with Gasteiger partial charge in [-0.25, -0.2) is 9.97 Å². The number of ether oxygens (including phenoxy) is 1. The highest BCUT2D eigenvalue weighted by atomic mass is 16.5. The van der Waals surface area contributed by atoms with Gasteiger partial charge in [0.1, 0.15) is 0 Å². The Hall–Kier alpha value is -1.94. The Labute approximate surface area is 113 Å². The number of morpholine rings is 1. The fourth-order valence-corrected chi connectivity index (χ4v) is 2.36. The highest BCUT2D eigenvalue weighted by molar-refractivity contribution is 5.29. The quantitative estimate of drug-likeness (QED) is 0.840. The molecule has 0 N–H and O–H groups in total. The topological polar surface area (TPSA) is 38.2 Å². The molecule has 1 aromatic carbocycles. The van der Waals surface area contributed by atoms with Crippen molar-refractivity contribution in [3.8, 4) is 0 Å². The largest absolute Gasteiger partial charge is 0.374 e. The van der Waals surface area contributed by atoms with Crippen molar-refractivity contribution in [1.29, 1.82) is 0 Å². The summed E-state index contributed by atoms with van der Waals surface area (Å²) in [5.41, 5.74) is 1.31. The molecule has 98 valence electrons. The molecule has 1 fully saturated rings. The van der Waals surface area contributed by atoms with Gasteiger partial charge in [-0.15, -0.1) is 0 Å². The van der Waals surface area contributed by atoms with Gasteiger partial charge in [-0.2, -0.15) is 0 Å². The summed E-state index contributed by atoms with van der Waals surface area (Å²) in [5.74, 6) is 0.795. The third kappa shape index (κ3) is 3.09. The second kappa shape index (κ2) is 5.80. The van der Waals surface area contributed by atoms with E-state index in [0.717, 1.165) is 32.1 Å². The molecule has 2 heterocycles. The van der Waals surface area contributed by atoms with Crippen LogP contribution in [0.5, 0.6) is 0 Å². The van der Waals surface area contributed by atoms with E-state index in [1.807, 2.05) is 12.1 Å². The van der Waals surface area contributed by atoms with Crippen LogP contribution in [0, 0.1) is 0 Å². The molecule has 0 spiro atoms. The van der Waals surface area contributed by atoms with Crippen molar-refractivity contribution in [2.45, 2.75) is 12.5 Å². The summed E-state index contributed by atoms with van der Waals surface area (Å²) in [6.07, 6.45) is 4.71. The molecule has 0 aliphatic carbocycles. The van der Waals surface area contributed by atoms with Crippen LogP contribution in [0.4, 0.5) is 5.95 Å². The van der Waals surface area contributed by atoms with Crippen molar-refractivity contribution in [2.75, 3.05) is 24.6 Å². The fourth-order valence-electron chi connectivity index (χ4n) is 2.36. The lowest BCUT2D eigenvalue weighted by molar-refractivity contribution is 0.0405. The van der Waals surface area contributed by atoms with Gasteiger partial charge >= 0.3 is 0 Å². The molecule has 1 atom stereocenters. The predicted molar refractivity (Wildman–Crippen MR) is 74.1 cm³/mol. The molecule has 2 aromatic rings. The zero-order valence-corrected chi connectivity index (χ0v) is 10.8. The van der Waals surface area contributed by atoms with Gasteiger partial charge in [-0.3, -0.25) is 0 Å². The Morgan fingerprint density at radius 3 is 2.68 bits per heavy atom.